The molecular weight excluding hydrogens is 329 g/mol. The number of hydrogen-bond acceptors (Lipinski definition) is 4. The van der Waals surface area contributed by atoms with Gasteiger partial charge in [-0.3, -0.25) is 9.59 Å². The van der Waals surface area contributed by atoms with Crippen LogP contribution in [-0.2, 0) is 11.3 Å². The summed E-state index contributed by atoms with van der Waals surface area (Å²) in [5.74, 6) is -4.66. The van der Waals surface area contributed by atoms with Crippen LogP contribution >= 0.6 is 0 Å². The molecule has 0 bridgehead atoms. The summed E-state index contributed by atoms with van der Waals surface area (Å²) >= 11 is 0. The van der Waals surface area contributed by atoms with Crippen LogP contribution in [0.25, 0.3) is 10.9 Å². The lowest BCUT2D eigenvalue weighted by molar-refractivity contribution is -0.140. The van der Waals surface area contributed by atoms with Crippen molar-refractivity contribution in [1.29, 1.82) is 0 Å². The van der Waals surface area contributed by atoms with E-state index in [-0.39, 0.29) is 6.47 Å². The van der Waals surface area contributed by atoms with Crippen molar-refractivity contribution in [3.63, 3.8) is 0 Å². The molecule has 0 aliphatic carbocycles. The van der Waals surface area contributed by atoms with Crippen molar-refractivity contribution in [1.82, 2.24) is 4.57 Å². The molecule has 1 aromatic heterocycles. The third kappa shape index (κ3) is 3.10. The first-order chi connectivity index (χ1) is 10.7. The molecule has 0 unspecified atom stereocenters. The first kappa shape index (κ1) is 16.7. The normalized spacial score (nSPS) is 11.6. The summed E-state index contributed by atoms with van der Waals surface area (Å²) < 4.78 is 74.6. The maximum absolute atomic E-state index is 13.7. The number of alkyl halides is 3. The average molecular weight is 337 g/mol. The molecule has 2 aromatic rings. The second-order valence-corrected chi connectivity index (χ2v) is 4.38. The van der Waals surface area contributed by atoms with Gasteiger partial charge in [0.1, 0.15) is 6.54 Å². The van der Waals surface area contributed by atoms with Crippen LogP contribution < -0.4 is 14.9 Å². The zero-order chi connectivity index (χ0) is 17.4. The quantitative estimate of drug-likeness (QED) is 0.635. The molecule has 0 amide bonds. The molecule has 1 aromatic carbocycles. The lowest BCUT2D eigenvalue weighted by atomic mass is 10.1. The molecule has 0 fully saturated rings. The molecule has 10 heteroatoms. The number of ether oxygens (including phenoxy) is 2. The van der Waals surface area contributed by atoms with Gasteiger partial charge >= 0.3 is 6.18 Å². The minimum atomic E-state index is -4.74. The number of carbonyl (C=O) groups is 1. The predicted octanol–water partition coefficient (Wildman–Crippen LogP) is 2.39. The highest BCUT2D eigenvalue weighted by atomic mass is 19.4. The van der Waals surface area contributed by atoms with Crippen LogP contribution in [0.3, 0.4) is 0 Å². The number of halogens is 5. The molecule has 0 atom stereocenters. The van der Waals surface area contributed by atoms with E-state index < -0.39 is 52.2 Å². The van der Waals surface area contributed by atoms with Crippen LogP contribution in [0.4, 0.5) is 22.0 Å². The van der Waals surface area contributed by atoms with Gasteiger partial charge in [0.15, 0.2) is 17.3 Å². The number of nitrogens with zero attached hydrogens (tertiary/aromatic N) is 1. The molecule has 0 saturated carbocycles. The van der Waals surface area contributed by atoms with Crippen LogP contribution in [0.1, 0.15) is 0 Å². The largest absolute Gasteiger partial charge is 0.491 e. The maximum Gasteiger partial charge on any atom is 0.406 e. The highest BCUT2D eigenvalue weighted by Gasteiger charge is 2.31. The zero-order valence-corrected chi connectivity index (χ0v) is 11.4. The van der Waals surface area contributed by atoms with E-state index >= 15 is 0 Å². The van der Waals surface area contributed by atoms with Crippen molar-refractivity contribution >= 4 is 17.4 Å². The number of methoxy groups -OCH3 is 1. The molecule has 1 heterocycles. The van der Waals surface area contributed by atoms with E-state index in [0.717, 1.165) is 7.11 Å². The summed E-state index contributed by atoms with van der Waals surface area (Å²) in [6.45, 7) is -1.81. The minimum Gasteiger partial charge on any atom is -0.491 e. The molecule has 2 rings (SSSR count). The Morgan fingerprint density at radius 2 is 1.96 bits per heavy atom. The van der Waals surface area contributed by atoms with Crippen molar-refractivity contribution in [2.75, 3.05) is 7.11 Å². The number of carbonyl (C=O) groups excluding carboxylic acids is 1. The summed E-state index contributed by atoms with van der Waals surface area (Å²) in [5.41, 5.74) is -1.69. The molecule has 5 nitrogen and oxygen atoms in total. The Kier molecular flexibility index (Phi) is 4.26. The van der Waals surface area contributed by atoms with E-state index in [1.807, 2.05) is 0 Å². The van der Waals surface area contributed by atoms with E-state index in [0.29, 0.717) is 16.8 Å². The Balaban J connectivity index is 2.95. The predicted molar refractivity (Wildman–Crippen MR) is 67.4 cm³/mol. The van der Waals surface area contributed by atoms with Crippen LogP contribution in [0.2, 0.25) is 0 Å². The van der Waals surface area contributed by atoms with Crippen LogP contribution in [-0.4, -0.2) is 24.3 Å². The standard InChI is InChI=1S/C13H8F5NO4/c1-22-12-9(15)7(14)2-6-10(12)19(4-13(16,17)18)3-8(11(6)21)23-5-20/h2-3,5H,4H2,1H3. The second kappa shape index (κ2) is 5.86. The van der Waals surface area contributed by atoms with E-state index in [9.17, 15) is 31.5 Å². The first-order valence-corrected chi connectivity index (χ1v) is 5.95. The Labute approximate surface area is 124 Å². The maximum atomic E-state index is 13.7. The molecule has 0 aliphatic heterocycles. The lowest BCUT2D eigenvalue weighted by Gasteiger charge is -2.17. The van der Waals surface area contributed by atoms with E-state index in [1.165, 1.54) is 0 Å². The Bertz CT molecular complexity index is 828. The Morgan fingerprint density at radius 3 is 2.48 bits per heavy atom. The third-order valence-corrected chi connectivity index (χ3v) is 2.91. The fraction of sp³-hybridized carbons (Fsp3) is 0.231. The number of hydrogen-bond donors (Lipinski definition) is 0. The van der Waals surface area contributed by atoms with Crippen LogP contribution in [0, 0.1) is 11.6 Å². The molecule has 0 radical (unpaired) electrons. The van der Waals surface area contributed by atoms with Crippen molar-refractivity contribution in [2.24, 2.45) is 0 Å². The zero-order valence-electron chi connectivity index (χ0n) is 11.4. The van der Waals surface area contributed by atoms with E-state index in [2.05, 4.69) is 9.47 Å². The van der Waals surface area contributed by atoms with Crippen molar-refractivity contribution in [2.45, 2.75) is 12.7 Å². The summed E-state index contributed by atoms with van der Waals surface area (Å²) in [6, 6.07) is 0.417. The SMILES string of the molecule is COc1c(F)c(F)cc2c(=O)c(OC=O)cn(CC(F)(F)F)c12. The van der Waals surface area contributed by atoms with Gasteiger partial charge in [0, 0.05) is 0 Å². The number of aromatic nitrogens is 1. The van der Waals surface area contributed by atoms with Gasteiger partial charge in [0.05, 0.1) is 24.2 Å². The van der Waals surface area contributed by atoms with Gasteiger partial charge in [-0.05, 0) is 6.07 Å². The lowest BCUT2D eigenvalue weighted by Crippen LogP contribution is -2.22. The van der Waals surface area contributed by atoms with E-state index in [4.69, 9.17) is 0 Å². The second-order valence-electron chi connectivity index (χ2n) is 4.38. The highest BCUT2D eigenvalue weighted by molar-refractivity contribution is 5.86. The molecule has 0 spiro atoms. The van der Waals surface area contributed by atoms with Gasteiger partial charge in [-0.15, -0.1) is 0 Å². The summed E-state index contributed by atoms with van der Waals surface area (Å²) in [7, 11) is 0.912. The summed E-state index contributed by atoms with van der Waals surface area (Å²) in [6.07, 6.45) is -4.16. The van der Waals surface area contributed by atoms with Crippen molar-refractivity contribution in [3.05, 3.63) is 34.1 Å². The fourth-order valence-corrected chi connectivity index (χ4v) is 2.09. The highest BCUT2D eigenvalue weighted by Crippen LogP contribution is 2.32. The Hall–Kier alpha value is -2.65. The third-order valence-electron chi connectivity index (χ3n) is 2.91. The van der Waals surface area contributed by atoms with Gasteiger partial charge in [-0.25, -0.2) is 4.39 Å². The first-order valence-electron chi connectivity index (χ1n) is 5.95. The molecule has 0 N–H and O–H groups in total. The number of pyridine rings is 1. The number of fused-ring (bicyclic) bond motifs is 1. The van der Waals surface area contributed by atoms with Crippen LogP contribution in [0.5, 0.6) is 11.5 Å². The van der Waals surface area contributed by atoms with Gasteiger partial charge in [0.25, 0.3) is 6.47 Å². The van der Waals surface area contributed by atoms with Crippen molar-refractivity contribution < 1.29 is 36.2 Å². The Morgan fingerprint density at radius 1 is 1.30 bits per heavy atom. The molecule has 0 saturated heterocycles. The van der Waals surface area contributed by atoms with Crippen molar-refractivity contribution in [3.8, 4) is 11.5 Å². The molecule has 23 heavy (non-hydrogen) atoms. The molecular formula is C13H8F5NO4. The van der Waals surface area contributed by atoms with Gasteiger partial charge < -0.3 is 14.0 Å². The smallest absolute Gasteiger partial charge is 0.406 e. The topological polar surface area (TPSA) is 57.5 Å². The average Bonchev–Trinajstić information content (AvgIpc) is 2.44. The summed E-state index contributed by atoms with van der Waals surface area (Å²) in [4.78, 5) is 22.4. The van der Waals surface area contributed by atoms with E-state index in [1.54, 1.807) is 0 Å². The fourth-order valence-electron chi connectivity index (χ4n) is 2.09. The van der Waals surface area contributed by atoms with Gasteiger partial charge in [-0.2, -0.15) is 17.6 Å². The van der Waals surface area contributed by atoms with Crippen LogP contribution in [0.15, 0.2) is 17.1 Å². The van der Waals surface area contributed by atoms with Gasteiger partial charge in [-0.1, -0.05) is 0 Å². The molecule has 0 aliphatic rings. The summed E-state index contributed by atoms with van der Waals surface area (Å²) in [5, 5.41) is -0.621. The minimum absolute atomic E-state index is 0.169. The number of rotatable bonds is 4. The number of benzene rings is 1. The molecule has 124 valence electrons. The van der Waals surface area contributed by atoms with Gasteiger partial charge in [0.2, 0.25) is 11.2 Å². The monoisotopic (exact) mass is 337 g/mol.